The van der Waals surface area contributed by atoms with Gasteiger partial charge in [-0.05, 0) is 68.8 Å². The molecular formula is C32H43N5O4. The number of nitrogens with zero attached hydrogens (tertiary/aromatic N) is 3. The van der Waals surface area contributed by atoms with Gasteiger partial charge in [-0.1, -0.05) is 19.8 Å². The minimum Gasteiger partial charge on any atom is -0.496 e. The summed E-state index contributed by atoms with van der Waals surface area (Å²) in [6.45, 7) is 3.86. The van der Waals surface area contributed by atoms with Gasteiger partial charge < -0.3 is 24.7 Å². The Morgan fingerprint density at radius 2 is 2.00 bits per heavy atom. The number of carbonyl (C=O) groups is 2. The van der Waals surface area contributed by atoms with Crippen LogP contribution in [0.4, 0.5) is 5.82 Å². The van der Waals surface area contributed by atoms with Crippen molar-refractivity contribution in [2.75, 3.05) is 39.2 Å². The molecule has 0 unspecified atom stereocenters. The first-order valence-electron chi connectivity index (χ1n) is 15.0. The predicted octanol–water partition coefficient (Wildman–Crippen LogP) is 5.44. The van der Waals surface area contributed by atoms with Crippen LogP contribution in [0, 0.1) is 11.3 Å². The van der Waals surface area contributed by atoms with Crippen LogP contribution >= 0.6 is 0 Å². The minimum absolute atomic E-state index is 0.0591. The lowest BCUT2D eigenvalue weighted by Gasteiger charge is -2.24. The number of amides is 1. The minimum atomic E-state index is -0.326. The Hall–Kier alpha value is -3.46. The van der Waals surface area contributed by atoms with E-state index >= 15 is 0 Å². The van der Waals surface area contributed by atoms with E-state index in [4.69, 9.17) is 14.1 Å². The van der Waals surface area contributed by atoms with E-state index in [1.54, 1.807) is 13.3 Å². The molecule has 2 N–H and O–H groups in total. The van der Waals surface area contributed by atoms with Gasteiger partial charge in [0.25, 0.3) is 0 Å². The van der Waals surface area contributed by atoms with Gasteiger partial charge in [0.05, 0.1) is 24.4 Å². The number of unbranched alkanes of at least 4 members (excludes halogenated alkanes) is 2. The van der Waals surface area contributed by atoms with Crippen LogP contribution in [-0.2, 0) is 9.59 Å². The number of pyridine rings is 1. The third-order valence-electron chi connectivity index (χ3n) is 8.81. The van der Waals surface area contributed by atoms with E-state index in [1.807, 2.05) is 50.2 Å². The summed E-state index contributed by atoms with van der Waals surface area (Å²) in [5, 5.41) is 7.67. The Balaban J connectivity index is 1.35. The first-order valence-corrected chi connectivity index (χ1v) is 15.0. The van der Waals surface area contributed by atoms with E-state index in [0.717, 1.165) is 73.9 Å². The molecule has 9 heteroatoms. The van der Waals surface area contributed by atoms with Crippen molar-refractivity contribution in [3.05, 3.63) is 36.4 Å². The Bertz CT molecular complexity index is 1380. The van der Waals surface area contributed by atoms with Crippen LogP contribution in [0.1, 0.15) is 76.6 Å². The molecule has 3 aromatic rings. The highest BCUT2D eigenvalue weighted by Gasteiger charge is 2.57. The highest BCUT2D eigenvalue weighted by molar-refractivity contribution is 5.88. The summed E-state index contributed by atoms with van der Waals surface area (Å²) in [4.78, 5) is 36.5. The van der Waals surface area contributed by atoms with Crippen LogP contribution in [0.25, 0.3) is 22.2 Å². The number of aromatic nitrogens is 2. The summed E-state index contributed by atoms with van der Waals surface area (Å²) in [6, 6.07) is 7.62. The Morgan fingerprint density at radius 1 is 1.20 bits per heavy atom. The van der Waals surface area contributed by atoms with Crippen molar-refractivity contribution in [3.63, 3.8) is 0 Å². The van der Waals surface area contributed by atoms with Gasteiger partial charge in [0.15, 0.2) is 5.76 Å². The average Bonchev–Trinajstić information content (AvgIpc) is 3.44. The predicted molar refractivity (Wildman–Crippen MR) is 160 cm³/mol. The molecule has 0 bridgehead atoms. The van der Waals surface area contributed by atoms with Gasteiger partial charge in [0, 0.05) is 44.3 Å². The molecule has 1 aromatic carbocycles. The quantitative estimate of drug-likeness (QED) is 0.266. The standard InChI is InChI=1S/C32H43N5O4/c1-5-22(38)9-7-6-8-10-25(36-30(39)24-19-32(24)13-15-33-16-14-32)31-34-20-28(41-31)23-17-21-11-12-29(37(2)3)35-26(21)18-27(23)40-4/h11-12,17-18,20,24-25,33H,5-10,13-16,19H2,1-4H3,(H,36,39)/t24-,25+/m1/s1. The largest absolute Gasteiger partial charge is 0.496 e. The highest BCUT2D eigenvalue weighted by Crippen LogP contribution is 2.58. The lowest BCUT2D eigenvalue weighted by molar-refractivity contribution is -0.124. The molecule has 2 atom stereocenters. The van der Waals surface area contributed by atoms with Crippen molar-refractivity contribution in [3.8, 4) is 17.1 Å². The number of anilines is 1. The fourth-order valence-corrected chi connectivity index (χ4v) is 6.07. The molecule has 1 aliphatic carbocycles. The molecule has 1 saturated heterocycles. The fraction of sp³-hybridized carbons (Fsp3) is 0.562. The topological polar surface area (TPSA) is 110 Å². The summed E-state index contributed by atoms with van der Waals surface area (Å²) in [6.07, 6.45) is 9.34. The lowest BCUT2D eigenvalue weighted by Crippen LogP contribution is -2.35. The number of nitrogens with one attached hydrogen (secondary N) is 2. The second-order valence-electron chi connectivity index (χ2n) is 11.8. The summed E-state index contributed by atoms with van der Waals surface area (Å²) >= 11 is 0. The smallest absolute Gasteiger partial charge is 0.224 e. The molecular weight excluding hydrogens is 518 g/mol. The van der Waals surface area contributed by atoms with E-state index in [0.29, 0.717) is 42.4 Å². The monoisotopic (exact) mass is 561 g/mol. The van der Waals surface area contributed by atoms with Crippen LogP contribution in [0.15, 0.2) is 34.9 Å². The molecule has 2 aromatic heterocycles. The number of benzene rings is 1. The molecule has 1 saturated carbocycles. The molecule has 9 nitrogen and oxygen atoms in total. The number of ether oxygens (including phenoxy) is 1. The van der Waals surface area contributed by atoms with E-state index < -0.39 is 0 Å². The Morgan fingerprint density at radius 3 is 2.73 bits per heavy atom. The maximum absolute atomic E-state index is 13.4. The molecule has 2 fully saturated rings. The lowest BCUT2D eigenvalue weighted by atomic mass is 9.91. The molecule has 2 aliphatic rings. The number of rotatable bonds is 13. The van der Waals surface area contributed by atoms with Crippen molar-refractivity contribution in [1.29, 1.82) is 0 Å². The van der Waals surface area contributed by atoms with Crippen LogP contribution < -0.4 is 20.3 Å². The van der Waals surface area contributed by atoms with E-state index in [-0.39, 0.29) is 23.3 Å². The number of hydrogen-bond acceptors (Lipinski definition) is 8. The van der Waals surface area contributed by atoms with Crippen molar-refractivity contribution < 1.29 is 18.7 Å². The second-order valence-corrected chi connectivity index (χ2v) is 11.8. The van der Waals surface area contributed by atoms with Gasteiger partial charge in [-0.15, -0.1) is 0 Å². The van der Waals surface area contributed by atoms with Crippen molar-refractivity contribution in [1.82, 2.24) is 20.6 Å². The van der Waals surface area contributed by atoms with Gasteiger partial charge >= 0.3 is 0 Å². The number of carbonyl (C=O) groups excluding carboxylic acids is 2. The van der Waals surface area contributed by atoms with E-state index in [1.165, 1.54) is 0 Å². The average molecular weight is 562 g/mol. The van der Waals surface area contributed by atoms with Gasteiger partial charge in [-0.25, -0.2) is 9.97 Å². The molecule has 1 aliphatic heterocycles. The summed E-state index contributed by atoms with van der Waals surface area (Å²) in [7, 11) is 5.56. The number of methoxy groups -OCH3 is 1. The van der Waals surface area contributed by atoms with Gasteiger partial charge in [-0.2, -0.15) is 0 Å². The van der Waals surface area contributed by atoms with Gasteiger partial charge in [-0.3, -0.25) is 9.59 Å². The molecule has 220 valence electrons. The van der Waals surface area contributed by atoms with Crippen molar-refractivity contribution in [2.45, 2.75) is 70.8 Å². The van der Waals surface area contributed by atoms with Gasteiger partial charge in [0.1, 0.15) is 23.4 Å². The SMILES string of the molecule is CCC(=O)CCCCC[C@H](NC(=O)[C@H]1CC12CCNCC2)c1ncc(-c2cc3ccc(N(C)C)nc3cc2OC)o1. The third-order valence-corrected chi connectivity index (χ3v) is 8.81. The van der Waals surface area contributed by atoms with Crippen molar-refractivity contribution >= 4 is 28.4 Å². The zero-order valence-corrected chi connectivity index (χ0v) is 24.8. The highest BCUT2D eigenvalue weighted by atomic mass is 16.5. The maximum atomic E-state index is 13.4. The molecule has 1 spiro atoms. The normalized spacial score (nSPS) is 18.3. The zero-order valence-electron chi connectivity index (χ0n) is 24.8. The van der Waals surface area contributed by atoms with Crippen molar-refractivity contribution in [2.24, 2.45) is 11.3 Å². The molecule has 5 rings (SSSR count). The zero-order chi connectivity index (χ0) is 29.0. The number of piperidine rings is 1. The molecule has 1 amide bonds. The maximum Gasteiger partial charge on any atom is 0.224 e. The van der Waals surface area contributed by atoms with E-state index in [9.17, 15) is 9.59 Å². The Kier molecular flexibility index (Phi) is 8.92. The number of oxazole rings is 1. The molecule has 0 radical (unpaired) electrons. The Labute approximate surface area is 242 Å². The number of ketones is 1. The van der Waals surface area contributed by atoms with Crippen LogP contribution in [0.3, 0.4) is 0 Å². The summed E-state index contributed by atoms with van der Waals surface area (Å²) in [5.74, 6) is 3.06. The first kappa shape index (κ1) is 29.0. The molecule has 3 heterocycles. The fourth-order valence-electron chi connectivity index (χ4n) is 6.07. The second kappa shape index (κ2) is 12.6. The third kappa shape index (κ3) is 6.56. The van der Waals surface area contributed by atoms with Crippen LogP contribution in [-0.4, -0.2) is 56.0 Å². The van der Waals surface area contributed by atoms with Crippen LogP contribution in [0.5, 0.6) is 5.75 Å². The molecule has 41 heavy (non-hydrogen) atoms. The van der Waals surface area contributed by atoms with Crippen LogP contribution in [0.2, 0.25) is 0 Å². The van der Waals surface area contributed by atoms with E-state index in [2.05, 4.69) is 15.6 Å². The number of fused-ring (bicyclic) bond motifs is 1. The summed E-state index contributed by atoms with van der Waals surface area (Å²) in [5.41, 5.74) is 1.78. The summed E-state index contributed by atoms with van der Waals surface area (Å²) < 4.78 is 12.1. The van der Waals surface area contributed by atoms with Gasteiger partial charge in [0.2, 0.25) is 11.8 Å². The number of Topliss-reactive ketones (excluding diaryl/α,β-unsaturated/α-hetero) is 1. The first-order chi connectivity index (χ1) is 19.8. The number of hydrogen-bond donors (Lipinski definition) is 2.